The van der Waals surface area contributed by atoms with Crippen molar-refractivity contribution in [2.24, 2.45) is 5.29 Å². The Morgan fingerprint density at radius 1 is 1.26 bits per heavy atom. The molecule has 9 heteroatoms. The summed E-state index contributed by atoms with van der Waals surface area (Å²) in [6.45, 7) is -0.0506. The van der Waals surface area contributed by atoms with Crippen molar-refractivity contribution < 1.29 is 9.59 Å². The number of carbonyl (C=O) groups excluding carboxylic acids is 2. The maximum Gasteiger partial charge on any atom is 0.359 e. The molecule has 0 spiro atoms. The predicted molar refractivity (Wildman–Crippen MR) is 73.4 cm³/mol. The van der Waals surface area contributed by atoms with Crippen LogP contribution in [0.3, 0.4) is 0 Å². The van der Waals surface area contributed by atoms with Gasteiger partial charge in [-0.2, -0.15) is 5.01 Å². The maximum absolute atomic E-state index is 11.6. The number of hydrazine groups is 1. The summed E-state index contributed by atoms with van der Waals surface area (Å²) in [5, 5.41) is 3.03. The van der Waals surface area contributed by atoms with E-state index in [-0.39, 0.29) is 12.4 Å². The lowest BCUT2D eigenvalue weighted by molar-refractivity contribution is 0.0930. The van der Waals surface area contributed by atoms with Gasteiger partial charge in [-0.05, 0) is 24.3 Å². The minimum atomic E-state index is -0.860. The number of hydrogen-bond acceptors (Lipinski definition) is 4. The summed E-state index contributed by atoms with van der Waals surface area (Å²) < 4.78 is 0.825. The first-order valence-corrected chi connectivity index (χ1v) is 6.44. The molecule has 0 bridgehead atoms. The number of alkyl halides is 1. The summed E-state index contributed by atoms with van der Waals surface area (Å²) in [4.78, 5) is 33.4. The second-order valence-corrected chi connectivity index (χ2v) is 4.58. The molecule has 0 atom stereocenters. The highest BCUT2D eigenvalue weighted by Gasteiger charge is 2.14. The molecule has 0 saturated heterocycles. The van der Waals surface area contributed by atoms with Crippen molar-refractivity contribution in [3.8, 4) is 0 Å². The van der Waals surface area contributed by atoms with E-state index in [2.05, 4.69) is 32.1 Å². The van der Waals surface area contributed by atoms with Crippen LogP contribution in [0, 0.1) is 4.91 Å². The van der Waals surface area contributed by atoms with Gasteiger partial charge in [0.05, 0.1) is 11.8 Å². The zero-order chi connectivity index (χ0) is 14.3. The van der Waals surface area contributed by atoms with Crippen LogP contribution in [0.2, 0.25) is 0 Å². The fraction of sp³-hybridized carbons (Fsp3) is 0.200. The molecule has 0 aliphatic rings. The molecule has 1 aromatic carbocycles. The van der Waals surface area contributed by atoms with Crippen molar-refractivity contribution in [3.05, 3.63) is 39.2 Å². The molecule has 0 saturated carbocycles. The van der Waals surface area contributed by atoms with Crippen LogP contribution in [0.4, 0.5) is 4.79 Å². The van der Waals surface area contributed by atoms with Gasteiger partial charge in [0.1, 0.15) is 0 Å². The molecule has 19 heavy (non-hydrogen) atoms. The molecule has 1 aromatic rings. The van der Waals surface area contributed by atoms with Crippen LogP contribution in [0.15, 0.2) is 34.0 Å². The van der Waals surface area contributed by atoms with Crippen molar-refractivity contribution in [2.75, 3.05) is 12.4 Å². The molecule has 0 heterocycles. The normalized spacial score (nSPS) is 9.58. The van der Waals surface area contributed by atoms with E-state index >= 15 is 0 Å². The summed E-state index contributed by atoms with van der Waals surface area (Å²) in [6.07, 6.45) is 0. The van der Waals surface area contributed by atoms with E-state index in [1.165, 1.54) is 0 Å². The fourth-order valence-electron chi connectivity index (χ4n) is 1.11. The Bertz CT molecular complexity index is 468. The van der Waals surface area contributed by atoms with Gasteiger partial charge in [-0.15, -0.1) is 16.5 Å². The highest BCUT2D eigenvalue weighted by molar-refractivity contribution is 9.10. The first-order chi connectivity index (χ1) is 9.08. The average Bonchev–Trinajstić information content (AvgIpc) is 2.42. The van der Waals surface area contributed by atoms with Crippen LogP contribution in [0.5, 0.6) is 0 Å². The largest absolute Gasteiger partial charge is 0.359 e. The fourth-order valence-corrected chi connectivity index (χ4v) is 1.53. The minimum Gasteiger partial charge on any atom is -0.267 e. The number of carbonyl (C=O) groups is 2. The van der Waals surface area contributed by atoms with Gasteiger partial charge in [-0.1, -0.05) is 15.9 Å². The molecule has 3 amide bonds. The molecular weight excluding hydrogens is 339 g/mol. The molecule has 0 aliphatic heterocycles. The van der Waals surface area contributed by atoms with Gasteiger partial charge >= 0.3 is 6.03 Å². The maximum atomic E-state index is 11.6. The lowest BCUT2D eigenvalue weighted by atomic mass is 10.2. The van der Waals surface area contributed by atoms with Crippen molar-refractivity contribution in [1.29, 1.82) is 0 Å². The van der Waals surface area contributed by atoms with Gasteiger partial charge in [0.2, 0.25) is 0 Å². The van der Waals surface area contributed by atoms with E-state index in [4.69, 9.17) is 11.6 Å². The molecular formula is C10H10BrClN4O3. The molecule has 7 nitrogen and oxygen atoms in total. The Hall–Kier alpha value is -1.67. The van der Waals surface area contributed by atoms with Crippen molar-refractivity contribution in [2.45, 2.75) is 0 Å². The Morgan fingerprint density at radius 3 is 2.42 bits per heavy atom. The van der Waals surface area contributed by atoms with Gasteiger partial charge in [0, 0.05) is 15.9 Å². The quantitative estimate of drug-likeness (QED) is 0.495. The molecule has 0 unspecified atom stereocenters. The smallest absolute Gasteiger partial charge is 0.267 e. The number of urea groups is 1. The number of nitrogens with one attached hydrogen (secondary N) is 2. The van der Waals surface area contributed by atoms with E-state index in [1.54, 1.807) is 24.3 Å². The van der Waals surface area contributed by atoms with Crippen LogP contribution in [0.1, 0.15) is 10.4 Å². The highest BCUT2D eigenvalue weighted by Crippen LogP contribution is 2.10. The van der Waals surface area contributed by atoms with Crippen LogP contribution in [0.25, 0.3) is 0 Å². The Balaban J connectivity index is 2.52. The number of nitrogens with zero attached hydrogens (tertiary/aromatic N) is 2. The van der Waals surface area contributed by atoms with Gasteiger partial charge < -0.3 is 0 Å². The first-order valence-electron chi connectivity index (χ1n) is 5.11. The number of amides is 3. The highest BCUT2D eigenvalue weighted by atomic mass is 79.9. The molecule has 0 radical (unpaired) electrons. The number of hydrogen-bond donors (Lipinski definition) is 2. The summed E-state index contributed by atoms with van der Waals surface area (Å²) in [6, 6.07) is 5.65. The number of nitroso groups, excluding NO2 is 1. The first kappa shape index (κ1) is 15.4. The average molecular weight is 350 g/mol. The SMILES string of the molecule is O=NN(CCCl)C(=O)NNC(=O)c1ccc(Br)cc1. The standard InChI is InChI=1S/C10H10BrClN4O3/c11-8-3-1-7(2-4-8)9(17)13-14-10(18)16(15-19)6-5-12/h1-4H,5-6H2,(H,13,17)(H,14,18). The van der Waals surface area contributed by atoms with Crippen LogP contribution < -0.4 is 10.9 Å². The van der Waals surface area contributed by atoms with Gasteiger partial charge in [0.25, 0.3) is 5.91 Å². The molecule has 102 valence electrons. The van der Waals surface area contributed by atoms with Crippen molar-refractivity contribution in [3.63, 3.8) is 0 Å². The van der Waals surface area contributed by atoms with E-state index in [9.17, 15) is 14.5 Å². The van der Waals surface area contributed by atoms with Crippen molar-refractivity contribution >= 4 is 39.5 Å². The van der Waals surface area contributed by atoms with E-state index < -0.39 is 11.9 Å². The molecule has 0 aromatic heterocycles. The van der Waals surface area contributed by atoms with Gasteiger partial charge in [-0.25, -0.2) is 10.2 Å². The molecule has 0 fully saturated rings. The Labute approximate surface area is 122 Å². The third kappa shape index (κ3) is 4.84. The van der Waals surface area contributed by atoms with E-state index in [0.717, 1.165) is 4.47 Å². The zero-order valence-corrected chi connectivity index (χ0v) is 11.9. The third-order valence-corrected chi connectivity index (χ3v) is 2.72. The number of benzene rings is 1. The lowest BCUT2D eigenvalue weighted by Crippen LogP contribution is -2.47. The summed E-state index contributed by atoms with van der Waals surface area (Å²) in [7, 11) is 0. The Kier molecular flexibility index (Phi) is 6.23. The molecule has 1 rings (SSSR count). The number of rotatable bonds is 4. The monoisotopic (exact) mass is 348 g/mol. The van der Waals surface area contributed by atoms with Gasteiger partial charge in [-0.3, -0.25) is 10.2 Å². The van der Waals surface area contributed by atoms with Crippen molar-refractivity contribution in [1.82, 2.24) is 15.9 Å². The second kappa shape index (κ2) is 7.70. The summed E-state index contributed by atoms with van der Waals surface area (Å²) in [5.41, 5.74) is 4.56. The molecule has 0 aliphatic carbocycles. The van der Waals surface area contributed by atoms with E-state index in [1.807, 2.05) is 0 Å². The Morgan fingerprint density at radius 2 is 1.89 bits per heavy atom. The van der Waals surface area contributed by atoms with Gasteiger partial charge in [0.15, 0.2) is 0 Å². The van der Waals surface area contributed by atoms with Crippen LogP contribution >= 0.6 is 27.5 Å². The lowest BCUT2D eigenvalue weighted by Gasteiger charge is -2.13. The summed E-state index contributed by atoms with van der Waals surface area (Å²) >= 11 is 8.61. The van der Waals surface area contributed by atoms with Crippen LogP contribution in [-0.2, 0) is 0 Å². The van der Waals surface area contributed by atoms with Crippen LogP contribution in [-0.4, -0.2) is 29.4 Å². The topological polar surface area (TPSA) is 90.9 Å². The predicted octanol–water partition coefficient (Wildman–Crippen LogP) is 2.03. The zero-order valence-electron chi connectivity index (χ0n) is 9.60. The molecule has 2 N–H and O–H groups in total. The van der Waals surface area contributed by atoms with E-state index in [0.29, 0.717) is 10.6 Å². The number of halogens is 2. The third-order valence-electron chi connectivity index (χ3n) is 2.02. The second-order valence-electron chi connectivity index (χ2n) is 3.28. The minimum absolute atomic E-state index is 0.0506. The summed E-state index contributed by atoms with van der Waals surface area (Å²) in [5.74, 6) is -0.461.